The predicted molar refractivity (Wildman–Crippen MR) is 350 cm³/mol. The van der Waals surface area contributed by atoms with E-state index in [0.717, 1.165) is 45.0 Å². The van der Waals surface area contributed by atoms with Gasteiger partial charge < -0.3 is 39.5 Å². The topological polar surface area (TPSA) is 254 Å². The highest BCUT2D eigenvalue weighted by Gasteiger charge is 2.27. The van der Waals surface area contributed by atoms with Crippen LogP contribution in [0.3, 0.4) is 0 Å². The zero-order valence-corrected chi connectivity index (χ0v) is 58.4. The minimum absolute atomic E-state index is 0.0830. The standard InChI is InChI=1S/C19H33N3O3S.C15H25N3O2S.C15H25N3O2.C15H22N2O3/c1-14-9-10-15(20-13-14)16(21-26(24)19(5,6)7)11-12-22(8)17(23)25-18(2,3)4;1-12-7-8-13(16-11-12)14(9-10-18(5)20-6)17-21(19)15(2,3)4;1-11-6-7-13(17-10-11)12(16)8-9-18(5)14(19)20-15(2,3)4;1-11-6-7-12(16-10-11)13(18)8-9-17(5)14(19)20-15(2,3)4/h9-10,13,16,21H,11-12H2,1-8H3;7-8,11H,9-10H2,1-6H3;6-7,10,12H,8-9,16H2,1-5H3;6-7,10H,8-9H2,1-5H3/t16?,26-;21-;;/m11../s1. The average molecular weight is 1250 g/mol. The molecule has 0 aliphatic heterocycles. The molecule has 23 heteroatoms. The molecule has 4 rings (SSSR count). The number of nitrogens with one attached hydrogen (secondary N) is 1. The molecule has 0 saturated carbocycles. The minimum atomic E-state index is -1.30. The molecule has 0 aromatic carbocycles. The summed E-state index contributed by atoms with van der Waals surface area (Å²) in [6.45, 7) is 37.8. The summed E-state index contributed by atoms with van der Waals surface area (Å²) in [5.74, 6) is -0.0830. The average Bonchev–Trinajstić information content (AvgIpc) is 3.63. The summed E-state index contributed by atoms with van der Waals surface area (Å²) in [6, 6.07) is 14.9. The Hall–Kier alpha value is -6.11. The quantitative estimate of drug-likeness (QED) is 0.0361. The van der Waals surface area contributed by atoms with E-state index in [1.165, 1.54) is 9.80 Å². The van der Waals surface area contributed by atoms with Crippen LogP contribution in [-0.2, 0) is 41.0 Å². The van der Waals surface area contributed by atoms with Crippen molar-refractivity contribution in [2.45, 2.75) is 196 Å². The van der Waals surface area contributed by atoms with E-state index in [0.29, 0.717) is 51.1 Å². The molecule has 0 bridgehead atoms. The van der Waals surface area contributed by atoms with Gasteiger partial charge >= 0.3 is 18.3 Å². The number of ether oxygens (including phenoxy) is 3. The summed E-state index contributed by atoms with van der Waals surface area (Å²) < 4.78 is 47.5. The number of hydrogen-bond donors (Lipinski definition) is 2. The summed E-state index contributed by atoms with van der Waals surface area (Å²) in [5, 5.41) is 1.71. The zero-order valence-electron chi connectivity index (χ0n) is 56.7. The lowest BCUT2D eigenvalue weighted by Gasteiger charge is -2.27. The second-order valence-electron chi connectivity index (χ2n) is 26.3. The van der Waals surface area contributed by atoms with Crippen molar-refractivity contribution in [2.75, 3.05) is 61.5 Å². The number of aryl methyl sites for hydroxylation is 4. The van der Waals surface area contributed by atoms with Crippen molar-refractivity contribution >= 4 is 51.7 Å². The fourth-order valence-corrected chi connectivity index (χ4v) is 8.04. The zero-order chi connectivity index (χ0) is 66.8. The molecule has 0 spiro atoms. The van der Waals surface area contributed by atoms with Gasteiger partial charge in [-0.3, -0.25) is 24.7 Å². The number of amides is 3. The fraction of sp³-hybridized carbons (Fsp3) is 0.609. The molecular weight excluding hydrogens is 1150 g/mol. The third-order valence-corrected chi connectivity index (χ3v) is 14.9. The maximum atomic E-state index is 12.5. The van der Waals surface area contributed by atoms with Crippen LogP contribution in [0, 0.1) is 27.7 Å². The molecule has 4 heterocycles. The molecule has 0 aliphatic rings. The van der Waals surface area contributed by atoms with Crippen molar-refractivity contribution in [3.8, 4) is 0 Å². The molecular formula is C64H105N11O10S2. The van der Waals surface area contributed by atoms with Crippen LogP contribution in [0.1, 0.15) is 191 Å². The van der Waals surface area contributed by atoms with Crippen LogP contribution in [0.15, 0.2) is 77.7 Å². The first-order valence-electron chi connectivity index (χ1n) is 29.2. The van der Waals surface area contributed by atoms with Crippen molar-refractivity contribution in [1.82, 2.24) is 44.4 Å². The van der Waals surface area contributed by atoms with Crippen LogP contribution >= 0.6 is 0 Å². The first-order valence-corrected chi connectivity index (χ1v) is 31.4. The Morgan fingerprint density at radius 2 is 0.920 bits per heavy atom. The van der Waals surface area contributed by atoms with Crippen molar-refractivity contribution in [3.05, 3.63) is 118 Å². The molecule has 3 amide bonds. The number of nitrogens with two attached hydrogens (primary N) is 1. The Morgan fingerprint density at radius 1 is 0.529 bits per heavy atom. The summed E-state index contributed by atoms with van der Waals surface area (Å²) in [7, 11) is 5.96. The van der Waals surface area contributed by atoms with E-state index >= 15 is 0 Å². The van der Waals surface area contributed by atoms with Crippen molar-refractivity contribution in [1.29, 1.82) is 0 Å². The van der Waals surface area contributed by atoms with Crippen LogP contribution in [0.25, 0.3) is 0 Å². The van der Waals surface area contributed by atoms with Gasteiger partial charge in [-0.2, -0.15) is 9.46 Å². The molecule has 4 aromatic rings. The molecule has 3 N–H and O–H groups in total. The van der Waals surface area contributed by atoms with Crippen LogP contribution in [0.2, 0.25) is 0 Å². The maximum Gasteiger partial charge on any atom is 0.410 e. The number of aromatic nitrogens is 4. The number of Topliss-reactive ketones (excluding diaryl/α,β-unsaturated/α-hetero) is 1. The molecule has 4 atom stereocenters. The number of pyridine rings is 4. The largest absolute Gasteiger partial charge is 0.444 e. The van der Waals surface area contributed by atoms with Crippen molar-refractivity contribution in [2.24, 2.45) is 10.1 Å². The van der Waals surface area contributed by atoms with Gasteiger partial charge in [0, 0.05) is 98.0 Å². The lowest BCUT2D eigenvalue weighted by Crippen LogP contribution is -2.39. The van der Waals surface area contributed by atoms with Gasteiger partial charge in [0.25, 0.3) is 0 Å². The lowest BCUT2D eigenvalue weighted by atomic mass is 10.1. The molecule has 4 aromatic heterocycles. The number of hydrogen-bond acceptors (Lipinski definition) is 16. The fourth-order valence-electron chi connectivity index (χ4n) is 6.53. The second-order valence-corrected chi connectivity index (χ2v) is 30.2. The molecule has 0 saturated heterocycles. The molecule has 2 unspecified atom stereocenters. The lowest BCUT2D eigenvalue weighted by molar-refractivity contribution is -0.106. The molecule has 0 aliphatic carbocycles. The van der Waals surface area contributed by atoms with Crippen LogP contribution in [0.5, 0.6) is 0 Å². The molecule has 0 fully saturated rings. The highest BCUT2D eigenvalue weighted by Crippen LogP contribution is 2.22. The van der Waals surface area contributed by atoms with Gasteiger partial charge in [0.05, 0.1) is 56.4 Å². The Kier molecular flexibility index (Phi) is 33.0. The first-order chi connectivity index (χ1) is 39.9. The van der Waals surface area contributed by atoms with Gasteiger partial charge in [-0.1, -0.05) is 24.3 Å². The third kappa shape index (κ3) is 34.3. The van der Waals surface area contributed by atoms with Gasteiger partial charge in [0.15, 0.2) is 5.78 Å². The number of nitrogens with zero attached hydrogens (tertiary/aromatic N) is 9. The Balaban J connectivity index is 0.000000584. The Morgan fingerprint density at radius 3 is 1.29 bits per heavy atom. The Bertz CT molecular complexity index is 2800. The van der Waals surface area contributed by atoms with Crippen LogP contribution < -0.4 is 10.5 Å². The Labute approximate surface area is 525 Å². The molecule has 488 valence electrons. The number of carbonyl (C=O) groups excluding carboxylic acids is 4. The molecule has 21 nitrogen and oxygen atoms in total. The van der Waals surface area contributed by atoms with E-state index in [2.05, 4.69) is 29.1 Å². The summed E-state index contributed by atoms with van der Waals surface area (Å²) in [4.78, 5) is 74.4. The van der Waals surface area contributed by atoms with Gasteiger partial charge in [-0.25, -0.2) is 27.5 Å². The van der Waals surface area contributed by atoms with E-state index in [4.69, 9.17) is 24.8 Å². The highest BCUT2D eigenvalue weighted by molar-refractivity contribution is 7.85. The van der Waals surface area contributed by atoms with Crippen molar-refractivity contribution < 1.29 is 46.6 Å². The van der Waals surface area contributed by atoms with E-state index in [1.54, 1.807) is 89.8 Å². The number of carbonyl (C=O) groups is 4. The number of rotatable bonds is 20. The van der Waals surface area contributed by atoms with E-state index in [1.807, 2.05) is 160 Å². The van der Waals surface area contributed by atoms with E-state index in [9.17, 15) is 27.6 Å². The first kappa shape index (κ1) is 78.9. The summed E-state index contributed by atoms with van der Waals surface area (Å²) >= 11 is 0. The summed E-state index contributed by atoms with van der Waals surface area (Å²) in [6.07, 6.45) is 7.99. The van der Waals surface area contributed by atoms with Gasteiger partial charge in [-0.05, 0) is 191 Å². The number of hydroxylamine groups is 2. The van der Waals surface area contributed by atoms with Crippen LogP contribution in [0.4, 0.5) is 14.4 Å². The molecule has 0 radical (unpaired) electrons. The smallest absolute Gasteiger partial charge is 0.410 e. The normalized spacial score (nSPS) is 13.4. The molecule has 87 heavy (non-hydrogen) atoms. The van der Waals surface area contributed by atoms with Gasteiger partial charge in [-0.15, -0.1) is 0 Å². The highest BCUT2D eigenvalue weighted by atomic mass is 32.2. The van der Waals surface area contributed by atoms with E-state index < -0.39 is 44.9 Å². The minimum Gasteiger partial charge on any atom is -0.444 e. The second kappa shape index (κ2) is 36.4. The summed E-state index contributed by atoms with van der Waals surface area (Å²) in [5.41, 5.74) is 12.4. The third-order valence-electron chi connectivity index (χ3n) is 11.8. The SMILES string of the molecule is CON(C)CCC(=N[S@](=O)C(C)(C)C)c1ccc(C)cn1.Cc1ccc(C(=O)CCN(C)C(=O)OC(C)(C)C)nc1.Cc1ccc(C(CCN(C)C(=O)OC(C)(C)C)N[S@](=O)C(C)(C)C)nc1.Cc1ccc(C(N)CCN(C)C(=O)OC(C)(C)C)nc1. The van der Waals surface area contributed by atoms with Gasteiger partial charge in [0.2, 0.25) is 0 Å². The van der Waals surface area contributed by atoms with Gasteiger partial charge in [0.1, 0.15) is 33.5 Å². The van der Waals surface area contributed by atoms with Crippen molar-refractivity contribution in [3.63, 3.8) is 0 Å². The monoisotopic (exact) mass is 1250 g/mol. The van der Waals surface area contributed by atoms with Crippen LogP contribution in [-0.4, -0.2) is 166 Å². The predicted octanol–water partition coefficient (Wildman–Crippen LogP) is 11.7. The maximum absolute atomic E-state index is 12.5. The number of ketones is 1. The van der Waals surface area contributed by atoms with E-state index in [-0.39, 0.29) is 46.0 Å².